The predicted octanol–water partition coefficient (Wildman–Crippen LogP) is 3.41. The van der Waals surface area contributed by atoms with Gasteiger partial charge in [-0.2, -0.15) is 4.98 Å². The van der Waals surface area contributed by atoms with E-state index in [1.807, 2.05) is 0 Å². The van der Waals surface area contributed by atoms with E-state index in [9.17, 15) is 4.79 Å². The lowest BCUT2D eigenvalue weighted by atomic mass is 10.0. The molecule has 0 saturated heterocycles. The molecule has 0 fully saturated rings. The van der Waals surface area contributed by atoms with Crippen LogP contribution in [0.3, 0.4) is 0 Å². The van der Waals surface area contributed by atoms with Gasteiger partial charge in [-0.25, -0.2) is 0 Å². The van der Waals surface area contributed by atoms with Gasteiger partial charge in [0.1, 0.15) is 0 Å². The summed E-state index contributed by atoms with van der Waals surface area (Å²) in [7, 11) is 7.58. The van der Waals surface area contributed by atoms with Crippen molar-refractivity contribution < 1.29 is 28.5 Å². The number of Topliss-reactive ketones (excluding diaryl/α,β-unsaturated/α-hetero) is 1. The number of ether oxygens (including phenoxy) is 5. The molecule has 0 aliphatic carbocycles. The number of benzene rings is 1. The number of allylic oxidation sites excluding steroid dienone is 1. The molecular formula is C20H23NO6. The van der Waals surface area contributed by atoms with Crippen LogP contribution in [-0.2, 0) is 0 Å². The number of carbonyl (C=O) groups excluding carboxylic acids is 1. The maximum atomic E-state index is 12.8. The number of hydrogen-bond acceptors (Lipinski definition) is 7. The van der Waals surface area contributed by atoms with Crippen LogP contribution >= 0.6 is 0 Å². The van der Waals surface area contributed by atoms with Crippen molar-refractivity contribution >= 4 is 11.9 Å². The second kappa shape index (κ2) is 8.93. The Morgan fingerprint density at radius 2 is 1.33 bits per heavy atom. The minimum atomic E-state index is -0.178. The minimum Gasteiger partial charge on any atom is -0.493 e. The van der Waals surface area contributed by atoms with Gasteiger partial charge < -0.3 is 23.7 Å². The summed E-state index contributed by atoms with van der Waals surface area (Å²) in [5.41, 5.74) is 1.67. The van der Waals surface area contributed by atoms with Crippen LogP contribution in [0.5, 0.6) is 29.0 Å². The molecule has 144 valence electrons. The average Bonchev–Trinajstić information content (AvgIpc) is 2.71. The molecule has 0 atom stereocenters. The van der Waals surface area contributed by atoms with E-state index in [1.54, 1.807) is 51.5 Å². The molecule has 0 aliphatic heterocycles. The number of carbonyl (C=O) groups is 1. The smallest absolute Gasteiger partial charge is 0.216 e. The molecule has 0 radical (unpaired) electrons. The lowest BCUT2D eigenvalue weighted by Gasteiger charge is -2.13. The van der Waals surface area contributed by atoms with Gasteiger partial charge in [0.15, 0.2) is 17.3 Å². The molecule has 0 unspecified atom stereocenters. The van der Waals surface area contributed by atoms with Crippen molar-refractivity contribution in [2.45, 2.75) is 6.92 Å². The summed E-state index contributed by atoms with van der Waals surface area (Å²) in [4.78, 5) is 16.9. The number of hydrogen-bond donors (Lipinski definition) is 0. The fourth-order valence-electron chi connectivity index (χ4n) is 2.55. The zero-order valence-corrected chi connectivity index (χ0v) is 16.3. The molecule has 0 aliphatic rings. The summed E-state index contributed by atoms with van der Waals surface area (Å²) >= 11 is 0. The Balaban J connectivity index is 2.44. The Labute approximate surface area is 158 Å². The van der Waals surface area contributed by atoms with Crippen LogP contribution in [0.2, 0.25) is 0 Å². The molecule has 7 heteroatoms. The predicted molar refractivity (Wildman–Crippen MR) is 101 cm³/mol. The van der Waals surface area contributed by atoms with Crippen molar-refractivity contribution in [3.8, 4) is 29.0 Å². The van der Waals surface area contributed by atoms with Crippen LogP contribution in [0.15, 0.2) is 29.8 Å². The highest BCUT2D eigenvalue weighted by Gasteiger charge is 2.15. The van der Waals surface area contributed by atoms with Gasteiger partial charge in [-0.05, 0) is 36.3 Å². The summed E-state index contributed by atoms with van der Waals surface area (Å²) in [6.45, 7) is 1.73. The maximum absolute atomic E-state index is 12.8. The van der Waals surface area contributed by atoms with E-state index in [4.69, 9.17) is 23.7 Å². The van der Waals surface area contributed by atoms with Gasteiger partial charge in [-0.15, -0.1) is 0 Å². The highest BCUT2D eigenvalue weighted by Crippen LogP contribution is 2.38. The number of pyridine rings is 1. The molecule has 1 aromatic carbocycles. The number of methoxy groups -OCH3 is 5. The molecule has 0 bridgehead atoms. The Kier molecular flexibility index (Phi) is 6.65. The highest BCUT2D eigenvalue weighted by molar-refractivity contribution is 6.11. The third kappa shape index (κ3) is 4.49. The summed E-state index contributed by atoms with van der Waals surface area (Å²) in [6.07, 6.45) is 1.74. The SMILES string of the molecule is COc1cc(C(=O)/C(C)=C/c2cc(OC)c(OC)c(OC)c2)cc(OC)n1. The molecule has 2 rings (SSSR count). The van der Waals surface area contributed by atoms with Gasteiger partial charge >= 0.3 is 0 Å². The molecule has 0 spiro atoms. The van der Waals surface area contributed by atoms with Crippen LogP contribution in [0, 0.1) is 0 Å². The van der Waals surface area contributed by atoms with Crippen molar-refractivity contribution in [3.05, 3.63) is 41.0 Å². The molecular weight excluding hydrogens is 350 g/mol. The van der Waals surface area contributed by atoms with Crippen molar-refractivity contribution in [3.63, 3.8) is 0 Å². The number of ketones is 1. The molecule has 0 saturated carbocycles. The van der Waals surface area contributed by atoms with E-state index >= 15 is 0 Å². The molecule has 7 nitrogen and oxygen atoms in total. The van der Waals surface area contributed by atoms with Gasteiger partial charge in [0.05, 0.1) is 35.5 Å². The van der Waals surface area contributed by atoms with E-state index in [1.165, 1.54) is 21.3 Å². The summed E-state index contributed by atoms with van der Waals surface area (Å²) in [6, 6.07) is 6.67. The van der Waals surface area contributed by atoms with E-state index in [0.717, 1.165) is 5.56 Å². The van der Waals surface area contributed by atoms with Crippen molar-refractivity contribution in [2.24, 2.45) is 0 Å². The monoisotopic (exact) mass is 373 g/mol. The summed E-state index contributed by atoms with van der Waals surface area (Å²) in [5, 5.41) is 0. The summed E-state index contributed by atoms with van der Waals surface area (Å²) < 4.78 is 26.2. The number of rotatable bonds is 8. The fraction of sp³-hybridized carbons (Fsp3) is 0.300. The van der Waals surface area contributed by atoms with Crippen LogP contribution in [0.1, 0.15) is 22.8 Å². The molecule has 0 amide bonds. The third-order valence-electron chi connectivity index (χ3n) is 3.89. The second-order valence-corrected chi connectivity index (χ2v) is 5.56. The zero-order valence-electron chi connectivity index (χ0n) is 16.3. The van der Waals surface area contributed by atoms with E-state index in [-0.39, 0.29) is 5.78 Å². The summed E-state index contributed by atoms with van der Waals surface area (Å²) in [5.74, 6) is 1.94. The molecule has 2 aromatic rings. The fourth-order valence-corrected chi connectivity index (χ4v) is 2.55. The largest absolute Gasteiger partial charge is 0.493 e. The second-order valence-electron chi connectivity index (χ2n) is 5.56. The van der Waals surface area contributed by atoms with Gasteiger partial charge in [0.25, 0.3) is 0 Å². The lowest BCUT2D eigenvalue weighted by Crippen LogP contribution is -2.03. The zero-order chi connectivity index (χ0) is 20.0. The van der Waals surface area contributed by atoms with Crippen LogP contribution < -0.4 is 23.7 Å². The van der Waals surface area contributed by atoms with E-state index < -0.39 is 0 Å². The van der Waals surface area contributed by atoms with Gasteiger partial charge in [0, 0.05) is 17.7 Å². The van der Waals surface area contributed by atoms with Gasteiger partial charge in [-0.3, -0.25) is 4.79 Å². The standard InChI is InChI=1S/C20H23NO6/c1-12(19(22)14-10-17(25-4)21-18(11-14)26-5)7-13-8-15(23-2)20(27-6)16(9-13)24-3/h7-11H,1-6H3/b12-7+. The molecule has 1 heterocycles. The van der Waals surface area contributed by atoms with Crippen LogP contribution in [0.4, 0.5) is 0 Å². The molecule has 27 heavy (non-hydrogen) atoms. The first kappa shape index (κ1) is 20.1. The van der Waals surface area contributed by atoms with Crippen LogP contribution in [-0.4, -0.2) is 46.3 Å². The normalized spacial score (nSPS) is 11.0. The van der Waals surface area contributed by atoms with Crippen LogP contribution in [0.25, 0.3) is 6.08 Å². The Hall–Kier alpha value is -3.22. The Bertz CT molecular complexity index is 812. The van der Waals surface area contributed by atoms with E-state index in [2.05, 4.69) is 4.98 Å². The lowest BCUT2D eigenvalue weighted by molar-refractivity contribution is 0.103. The number of aromatic nitrogens is 1. The molecule has 0 N–H and O–H groups in total. The quantitative estimate of drug-likeness (QED) is 0.518. The van der Waals surface area contributed by atoms with Crippen molar-refractivity contribution in [2.75, 3.05) is 35.5 Å². The first-order chi connectivity index (χ1) is 13.0. The first-order valence-corrected chi connectivity index (χ1v) is 8.10. The van der Waals surface area contributed by atoms with Crippen molar-refractivity contribution in [1.29, 1.82) is 0 Å². The molecule has 1 aromatic heterocycles. The Morgan fingerprint density at radius 1 is 0.815 bits per heavy atom. The topological polar surface area (TPSA) is 76.1 Å². The minimum absolute atomic E-state index is 0.178. The average molecular weight is 373 g/mol. The van der Waals surface area contributed by atoms with Gasteiger partial charge in [0.2, 0.25) is 17.5 Å². The number of nitrogens with zero attached hydrogens (tertiary/aromatic N) is 1. The van der Waals surface area contributed by atoms with Crippen molar-refractivity contribution in [1.82, 2.24) is 4.98 Å². The first-order valence-electron chi connectivity index (χ1n) is 8.10. The van der Waals surface area contributed by atoms with Gasteiger partial charge in [-0.1, -0.05) is 0 Å². The Morgan fingerprint density at radius 3 is 1.74 bits per heavy atom. The highest BCUT2D eigenvalue weighted by atomic mass is 16.5. The maximum Gasteiger partial charge on any atom is 0.216 e. The van der Waals surface area contributed by atoms with E-state index in [0.29, 0.717) is 40.1 Å². The third-order valence-corrected chi connectivity index (χ3v) is 3.89.